The molecule has 1 fully saturated rings. The number of rotatable bonds is 2. The van der Waals surface area contributed by atoms with Gasteiger partial charge in [-0.15, -0.1) is 23.7 Å². The largest absolute Gasteiger partial charge is 0.349 e. The van der Waals surface area contributed by atoms with E-state index in [2.05, 4.69) is 35.6 Å². The van der Waals surface area contributed by atoms with Gasteiger partial charge >= 0.3 is 0 Å². The molecule has 1 aromatic carbocycles. The molecule has 2 aliphatic carbocycles. The molecule has 1 amide bonds. The van der Waals surface area contributed by atoms with Crippen molar-refractivity contribution in [2.75, 3.05) is 0 Å². The number of halogens is 1. The lowest BCUT2D eigenvalue weighted by Gasteiger charge is -2.26. The predicted molar refractivity (Wildman–Crippen MR) is 102 cm³/mol. The van der Waals surface area contributed by atoms with E-state index in [9.17, 15) is 4.79 Å². The molecule has 1 heterocycles. The van der Waals surface area contributed by atoms with Crippen LogP contribution >= 0.6 is 23.7 Å². The molecule has 0 unspecified atom stereocenters. The zero-order valence-electron chi connectivity index (χ0n) is 13.6. The van der Waals surface area contributed by atoms with Crippen LogP contribution in [0.25, 0.3) is 10.4 Å². The van der Waals surface area contributed by atoms with E-state index >= 15 is 0 Å². The van der Waals surface area contributed by atoms with Gasteiger partial charge in [-0.2, -0.15) is 0 Å². The highest BCUT2D eigenvalue weighted by Gasteiger charge is 2.24. The standard InChI is InChI=1S/C19H22N2OS.ClH/c20-14-7-9-15(10-8-14)21-19(22)17-11-13-6-5-12-3-1-2-4-16(12)18(13)23-17;/h1-4,11,14-15H,5-10,20H2,(H,21,22);1H. The van der Waals surface area contributed by atoms with E-state index < -0.39 is 0 Å². The van der Waals surface area contributed by atoms with Gasteiger partial charge in [0.15, 0.2) is 0 Å². The average Bonchev–Trinajstić information content (AvgIpc) is 3.02. The summed E-state index contributed by atoms with van der Waals surface area (Å²) in [5.41, 5.74) is 9.97. The van der Waals surface area contributed by atoms with Crippen LogP contribution in [0.1, 0.15) is 46.5 Å². The van der Waals surface area contributed by atoms with Crippen LogP contribution in [0, 0.1) is 0 Å². The van der Waals surface area contributed by atoms with Gasteiger partial charge in [0.25, 0.3) is 5.91 Å². The van der Waals surface area contributed by atoms with E-state index in [0.29, 0.717) is 6.04 Å². The fourth-order valence-electron chi connectivity index (χ4n) is 3.70. The first-order valence-electron chi connectivity index (χ1n) is 8.48. The van der Waals surface area contributed by atoms with Gasteiger partial charge < -0.3 is 11.1 Å². The minimum absolute atomic E-state index is 0. The summed E-state index contributed by atoms with van der Waals surface area (Å²) in [5, 5.41) is 3.20. The van der Waals surface area contributed by atoms with Gasteiger partial charge in [0.1, 0.15) is 0 Å². The van der Waals surface area contributed by atoms with Crippen LogP contribution in [0.3, 0.4) is 0 Å². The Kier molecular flexibility index (Phi) is 5.28. The number of hydrogen-bond acceptors (Lipinski definition) is 3. The Labute approximate surface area is 153 Å². The van der Waals surface area contributed by atoms with Crippen molar-refractivity contribution >= 4 is 29.7 Å². The molecule has 2 aliphatic rings. The molecule has 4 rings (SSSR count). The molecule has 3 nitrogen and oxygen atoms in total. The lowest BCUT2D eigenvalue weighted by atomic mass is 9.91. The van der Waals surface area contributed by atoms with E-state index in [4.69, 9.17) is 5.73 Å². The third kappa shape index (κ3) is 3.37. The van der Waals surface area contributed by atoms with Gasteiger partial charge in [-0.05, 0) is 61.3 Å². The maximum Gasteiger partial charge on any atom is 0.261 e. The summed E-state index contributed by atoms with van der Waals surface area (Å²) < 4.78 is 0. The van der Waals surface area contributed by atoms with Crippen LogP contribution in [0.15, 0.2) is 30.3 Å². The Morgan fingerprint density at radius 3 is 2.58 bits per heavy atom. The van der Waals surface area contributed by atoms with Crippen LogP contribution in [0.4, 0.5) is 0 Å². The molecular weight excluding hydrogens is 340 g/mol. The first kappa shape index (κ1) is 17.5. The first-order chi connectivity index (χ1) is 11.2. The maximum atomic E-state index is 12.6. The van der Waals surface area contributed by atoms with Crippen molar-refractivity contribution in [2.45, 2.75) is 50.6 Å². The van der Waals surface area contributed by atoms with E-state index in [-0.39, 0.29) is 24.4 Å². The predicted octanol–water partition coefficient (Wildman–Crippen LogP) is 3.94. The minimum atomic E-state index is 0. The van der Waals surface area contributed by atoms with Crippen LogP contribution < -0.4 is 11.1 Å². The topological polar surface area (TPSA) is 55.1 Å². The number of nitrogens with one attached hydrogen (secondary N) is 1. The third-order valence-corrected chi connectivity index (χ3v) is 6.27. The van der Waals surface area contributed by atoms with Crippen molar-refractivity contribution in [1.29, 1.82) is 0 Å². The third-order valence-electron chi connectivity index (χ3n) is 5.07. The highest BCUT2D eigenvalue weighted by molar-refractivity contribution is 7.17. The zero-order valence-corrected chi connectivity index (χ0v) is 15.2. The summed E-state index contributed by atoms with van der Waals surface area (Å²) in [6, 6.07) is 11.2. The van der Waals surface area contributed by atoms with Crippen LogP contribution in [-0.4, -0.2) is 18.0 Å². The normalized spacial score (nSPS) is 22.0. The lowest BCUT2D eigenvalue weighted by molar-refractivity contribution is 0.0930. The summed E-state index contributed by atoms with van der Waals surface area (Å²) in [7, 11) is 0. The van der Waals surface area contributed by atoms with Crippen LogP contribution in [-0.2, 0) is 12.8 Å². The summed E-state index contributed by atoms with van der Waals surface area (Å²) >= 11 is 1.64. The summed E-state index contributed by atoms with van der Waals surface area (Å²) in [4.78, 5) is 14.7. The number of carbonyl (C=O) groups is 1. The maximum absolute atomic E-state index is 12.6. The Bertz CT molecular complexity index is 735. The highest BCUT2D eigenvalue weighted by atomic mass is 35.5. The Morgan fingerprint density at radius 1 is 1.08 bits per heavy atom. The zero-order chi connectivity index (χ0) is 15.8. The SMILES string of the molecule is Cl.NC1CCC(NC(=O)c2cc3c(s2)-c2ccccc2CC3)CC1. The molecule has 0 spiro atoms. The number of benzene rings is 1. The quantitative estimate of drug-likeness (QED) is 0.850. The molecule has 0 bridgehead atoms. The smallest absolute Gasteiger partial charge is 0.261 e. The number of aryl methyl sites for hydroxylation is 2. The van der Waals surface area contributed by atoms with E-state index in [1.807, 2.05) is 0 Å². The molecule has 0 aliphatic heterocycles. The van der Waals surface area contributed by atoms with Gasteiger partial charge in [-0.1, -0.05) is 24.3 Å². The molecule has 1 saturated carbocycles. The monoisotopic (exact) mass is 362 g/mol. The molecular formula is C19H23ClN2OS. The fourth-order valence-corrected chi connectivity index (χ4v) is 4.88. The highest BCUT2D eigenvalue weighted by Crippen LogP contribution is 2.39. The Hall–Kier alpha value is -1.36. The number of thiophene rings is 1. The molecule has 128 valence electrons. The molecule has 0 saturated heterocycles. The summed E-state index contributed by atoms with van der Waals surface area (Å²) in [6.45, 7) is 0. The molecule has 0 radical (unpaired) electrons. The van der Waals surface area contributed by atoms with Crippen molar-refractivity contribution in [1.82, 2.24) is 5.32 Å². The van der Waals surface area contributed by atoms with Gasteiger partial charge in [-0.25, -0.2) is 0 Å². The number of carbonyl (C=O) groups excluding carboxylic acids is 1. The fraction of sp³-hybridized carbons (Fsp3) is 0.421. The number of amides is 1. The van der Waals surface area contributed by atoms with Crippen LogP contribution in [0.2, 0.25) is 0 Å². The average molecular weight is 363 g/mol. The van der Waals surface area contributed by atoms with Gasteiger partial charge in [-0.3, -0.25) is 4.79 Å². The Balaban J connectivity index is 0.00000169. The van der Waals surface area contributed by atoms with E-state index in [0.717, 1.165) is 43.4 Å². The second kappa shape index (κ2) is 7.26. The summed E-state index contributed by atoms with van der Waals surface area (Å²) in [5.74, 6) is 0.0855. The second-order valence-corrected chi connectivity index (χ2v) is 7.76. The number of hydrogen-bond donors (Lipinski definition) is 2. The molecule has 1 aromatic heterocycles. The van der Waals surface area contributed by atoms with Gasteiger partial charge in [0.05, 0.1) is 4.88 Å². The van der Waals surface area contributed by atoms with Crippen molar-refractivity contribution in [3.8, 4) is 10.4 Å². The van der Waals surface area contributed by atoms with Crippen molar-refractivity contribution in [2.24, 2.45) is 5.73 Å². The minimum Gasteiger partial charge on any atom is -0.349 e. The Morgan fingerprint density at radius 2 is 1.79 bits per heavy atom. The molecule has 5 heteroatoms. The molecule has 3 N–H and O–H groups in total. The number of fused-ring (bicyclic) bond motifs is 3. The van der Waals surface area contributed by atoms with Gasteiger partial charge in [0.2, 0.25) is 0 Å². The van der Waals surface area contributed by atoms with Crippen LogP contribution in [0.5, 0.6) is 0 Å². The molecule has 0 atom stereocenters. The lowest BCUT2D eigenvalue weighted by Crippen LogP contribution is -2.40. The van der Waals surface area contributed by atoms with Crippen molar-refractivity contribution < 1.29 is 4.79 Å². The first-order valence-corrected chi connectivity index (χ1v) is 9.30. The molecule has 24 heavy (non-hydrogen) atoms. The van der Waals surface area contributed by atoms with Gasteiger partial charge in [0, 0.05) is 17.0 Å². The van der Waals surface area contributed by atoms with Crippen molar-refractivity contribution in [3.05, 3.63) is 46.3 Å². The summed E-state index contributed by atoms with van der Waals surface area (Å²) in [6.07, 6.45) is 6.13. The number of nitrogens with two attached hydrogens (primary N) is 1. The van der Waals surface area contributed by atoms with E-state index in [1.165, 1.54) is 21.6 Å². The van der Waals surface area contributed by atoms with Crippen molar-refractivity contribution in [3.63, 3.8) is 0 Å². The second-order valence-electron chi connectivity index (χ2n) is 6.71. The van der Waals surface area contributed by atoms with E-state index in [1.54, 1.807) is 11.3 Å². The molecule has 2 aromatic rings.